The second kappa shape index (κ2) is 4.64. The fraction of sp³-hybridized carbons (Fsp3) is 0.538. The molecule has 0 atom stereocenters. The SMILES string of the molecule is CCN(CC)c1c(N)ccc2c1NCCC2. The smallest absolute Gasteiger partial charge is 0.0838 e. The van der Waals surface area contributed by atoms with Crippen LogP contribution in [0.3, 0.4) is 0 Å². The lowest BCUT2D eigenvalue weighted by molar-refractivity contribution is 0.817. The molecular weight excluding hydrogens is 198 g/mol. The van der Waals surface area contributed by atoms with Gasteiger partial charge in [-0.1, -0.05) is 6.07 Å². The van der Waals surface area contributed by atoms with Gasteiger partial charge in [0.25, 0.3) is 0 Å². The van der Waals surface area contributed by atoms with Gasteiger partial charge < -0.3 is 16.0 Å². The maximum atomic E-state index is 6.12. The first kappa shape index (κ1) is 11.1. The summed E-state index contributed by atoms with van der Waals surface area (Å²) in [4.78, 5) is 2.33. The zero-order chi connectivity index (χ0) is 11.5. The molecule has 0 saturated heterocycles. The van der Waals surface area contributed by atoms with Crippen LogP contribution >= 0.6 is 0 Å². The van der Waals surface area contributed by atoms with E-state index in [4.69, 9.17) is 5.73 Å². The molecule has 0 bridgehead atoms. The van der Waals surface area contributed by atoms with Crippen LogP contribution in [0.15, 0.2) is 12.1 Å². The van der Waals surface area contributed by atoms with Crippen molar-refractivity contribution in [2.45, 2.75) is 26.7 Å². The standard InChI is InChI=1S/C13H21N3/c1-3-16(4-2)13-11(14)8-7-10-6-5-9-15-12(10)13/h7-8,15H,3-6,9,14H2,1-2H3. The minimum atomic E-state index is 0.886. The first-order valence-corrected chi connectivity index (χ1v) is 6.18. The third kappa shape index (κ3) is 1.82. The first-order valence-electron chi connectivity index (χ1n) is 6.18. The van der Waals surface area contributed by atoms with Crippen LogP contribution in [-0.4, -0.2) is 19.6 Å². The number of nitrogens with one attached hydrogen (secondary N) is 1. The van der Waals surface area contributed by atoms with Crippen molar-refractivity contribution >= 4 is 17.1 Å². The average molecular weight is 219 g/mol. The van der Waals surface area contributed by atoms with E-state index < -0.39 is 0 Å². The number of hydrogen-bond acceptors (Lipinski definition) is 3. The lowest BCUT2D eigenvalue weighted by atomic mass is 10.0. The van der Waals surface area contributed by atoms with E-state index in [1.165, 1.54) is 23.4 Å². The lowest BCUT2D eigenvalue weighted by Gasteiger charge is -2.29. The minimum Gasteiger partial charge on any atom is -0.397 e. The van der Waals surface area contributed by atoms with Crippen LogP contribution in [0.2, 0.25) is 0 Å². The van der Waals surface area contributed by atoms with Crippen molar-refractivity contribution < 1.29 is 0 Å². The number of nitrogens with zero attached hydrogens (tertiary/aromatic N) is 1. The van der Waals surface area contributed by atoms with Gasteiger partial charge in [-0.25, -0.2) is 0 Å². The Bertz CT molecular complexity index is 370. The second-order valence-electron chi connectivity index (χ2n) is 4.24. The van der Waals surface area contributed by atoms with Crippen LogP contribution in [0, 0.1) is 0 Å². The van der Waals surface area contributed by atoms with Crippen molar-refractivity contribution in [2.75, 3.05) is 35.6 Å². The van der Waals surface area contributed by atoms with Crippen LogP contribution < -0.4 is 16.0 Å². The van der Waals surface area contributed by atoms with E-state index in [1.54, 1.807) is 0 Å². The summed E-state index contributed by atoms with van der Waals surface area (Å²) in [7, 11) is 0. The number of anilines is 3. The van der Waals surface area contributed by atoms with Crippen molar-refractivity contribution in [3.05, 3.63) is 17.7 Å². The summed E-state index contributed by atoms with van der Waals surface area (Å²) in [5, 5.41) is 3.50. The molecule has 0 unspecified atom stereocenters. The topological polar surface area (TPSA) is 41.3 Å². The molecule has 0 radical (unpaired) electrons. The quantitative estimate of drug-likeness (QED) is 0.767. The molecule has 3 nitrogen and oxygen atoms in total. The highest BCUT2D eigenvalue weighted by molar-refractivity contribution is 5.85. The largest absolute Gasteiger partial charge is 0.397 e. The summed E-state index contributed by atoms with van der Waals surface area (Å²) < 4.78 is 0. The molecular formula is C13H21N3. The van der Waals surface area contributed by atoms with Crippen molar-refractivity contribution in [3.63, 3.8) is 0 Å². The highest BCUT2D eigenvalue weighted by Crippen LogP contribution is 2.37. The number of nitrogen functional groups attached to an aromatic ring is 1. The van der Waals surface area contributed by atoms with Crippen molar-refractivity contribution in [1.29, 1.82) is 0 Å². The van der Waals surface area contributed by atoms with Crippen LogP contribution in [-0.2, 0) is 6.42 Å². The summed E-state index contributed by atoms with van der Waals surface area (Å²) in [6.45, 7) is 7.40. The third-order valence-corrected chi connectivity index (χ3v) is 3.30. The van der Waals surface area contributed by atoms with Gasteiger partial charge in [0, 0.05) is 19.6 Å². The maximum Gasteiger partial charge on any atom is 0.0838 e. The second-order valence-corrected chi connectivity index (χ2v) is 4.24. The number of aryl methyl sites for hydroxylation is 1. The monoisotopic (exact) mass is 219 g/mol. The van der Waals surface area contributed by atoms with Crippen molar-refractivity contribution in [3.8, 4) is 0 Å². The van der Waals surface area contributed by atoms with E-state index >= 15 is 0 Å². The molecule has 0 aromatic heterocycles. The van der Waals surface area contributed by atoms with Gasteiger partial charge in [-0.15, -0.1) is 0 Å². The molecule has 0 fully saturated rings. The van der Waals surface area contributed by atoms with E-state index in [2.05, 4.69) is 30.1 Å². The summed E-state index contributed by atoms with van der Waals surface area (Å²) in [6.07, 6.45) is 2.38. The highest BCUT2D eigenvalue weighted by atomic mass is 15.1. The van der Waals surface area contributed by atoms with E-state index in [0.29, 0.717) is 0 Å². The molecule has 0 spiro atoms. The Hall–Kier alpha value is -1.38. The van der Waals surface area contributed by atoms with Crippen LogP contribution in [0.1, 0.15) is 25.8 Å². The highest BCUT2D eigenvalue weighted by Gasteiger charge is 2.18. The average Bonchev–Trinajstić information content (AvgIpc) is 2.33. The summed E-state index contributed by atoms with van der Waals surface area (Å²) >= 11 is 0. The molecule has 1 aliphatic rings. The molecule has 1 heterocycles. The number of rotatable bonds is 3. The number of hydrogen-bond donors (Lipinski definition) is 2. The van der Waals surface area contributed by atoms with E-state index in [1.807, 2.05) is 6.07 Å². The summed E-state index contributed by atoms with van der Waals surface area (Å²) in [6, 6.07) is 4.20. The van der Waals surface area contributed by atoms with Crippen molar-refractivity contribution in [2.24, 2.45) is 0 Å². The normalized spacial score (nSPS) is 14.1. The molecule has 0 saturated carbocycles. The lowest BCUT2D eigenvalue weighted by Crippen LogP contribution is -2.26. The van der Waals surface area contributed by atoms with Crippen LogP contribution in [0.25, 0.3) is 0 Å². The van der Waals surface area contributed by atoms with Gasteiger partial charge in [0.15, 0.2) is 0 Å². The minimum absolute atomic E-state index is 0.886. The third-order valence-electron chi connectivity index (χ3n) is 3.30. The maximum absolute atomic E-state index is 6.12. The van der Waals surface area contributed by atoms with Gasteiger partial charge in [0.1, 0.15) is 0 Å². The van der Waals surface area contributed by atoms with E-state index in [9.17, 15) is 0 Å². The Labute approximate surface area is 97.6 Å². The molecule has 16 heavy (non-hydrogen) atoms. The molecule has 2 rings (SSSR count). The van der Waals surface area contributed by atoms with Crippen LogP contribution in [0.5, 0.6) is 0 Å². The van der Waals surface area contributed by atoms with Gasteiger partial charge in [0.2, 0.25) is 0 Å². The van der Waals surface area contributed by atoms with Gasteiger partial charge in [-0.3, -0.25) is 0 Å². The fourth-order valence-corrected chi connectivity index (χ4v) is 2.43. The predicted molar refractivity (Wildman–Crippen MR) is 71.2 cm³/mol. The molecule has 1 aliphatic heterocycles. The van der Waals surface area contributed by atoms with Crippen molar-refractivity contribution in [1.82, 2.24) is 0 Å². The molecule has 3 N–H and O–H groups in total. The first-order chi connectivity index (χ1) is 7.77. The predicted octanol–water partition coefficient (Wildman–Crippen LogP) is 2.47. The molecule has 3 heteroatoms. The van der Waals surface area contributed by atoms with E-state index in [-0.39, 0.29) is 0 Å². The van der Waals surface area contributed by atoms with Gasteiger partial charge in [0.05, 0.1) is 17.1 Å². The Balaban J connectivity index is 2.48. The molecule has 1 aromatic carbocycles. The molecule has 88 valence electrons. The fourth-order valence-electron chi connectivity index (χ4n) is 2.43. The summed E-state index contributed by atoms with van der Waals surface area (Å²) in [5.74, 6) is 0. The van der Waals surface area contributed by atoms with Gasteiger partial charge >= 0.3 is 0 Å². The van der Waals surface area contributed by atoms with E-state index in [0.717, 1.165) is 31.7 Å². The van der Waals surface area contributed by atoms with Gasteiger partial charge in [-0.05, 0) is 38.3 Å². The molecule has 0 amide bonds. The number of nitrogens with two attached hydrogens (primary N) is 1. The Kier molecular flexibility index (Phi) is 3.22. The van der Waals surface area contributed by atoms with Crippen LogP contribution in [0.4, 0.5) is 17.1 Å². The molecule has 1 aromatic rings. The zero-order valence-corrected chi connectivity index (χ0v) is 10.2. The Morgan fingerprint density at radius 2 is 2.06 bits per heavy atom. The number of benzene rings is 1. The Morgan fingerprint density at radius 3 is 2.75 bits per heavy atom. The Morgan fingerprint density at radius 1 is 1.31 bits per heavy atom. The molecule has 0 aliphatic carbocycles. The van der Waals surface area contributed by atoms with Gasteiger partial charge in [-0.2, -0.15) is 0 Å². The zero-order valence-electron chi connectivity index (χ0n) is 10.2. The summed E-state index contributed by atoms with van der Waals surface area (Å²) in [5.41, 5.74) is 10.9. The number of fused-ring (bicyclic) bond motifs is 1.